The molecule has 4 atom stereocenters. The summed E-state index contributed by atoms with van der Waals surface area (Å²) in [6.45, 7) is 0. The molecule has 0 spiro atoms. The molecule has 0 radical (unpaired) electrons. The molecular weight excluding hydrogens is 360 g/mol. The van der Waals surface area contributed by atoms with Crippen molar-refractivity contribution in [1.29, 1.82) is 0 Å². The van der Waals surface area contributed by atoms with Crippen LogP contribution in [0.1, 0.15) is 25.7 Å². The van der Waals surface area contributed by atoms with Crippen LogP contribution in [0.15, 0.2) is 0 Å². The topological polar surface area (TPSA) is 127 Å². The number of hydrogen-bond donors (Lipinski definition) is 2. The standard InChI is InChI=1S/C14H16O8S2/c15-9(16)13(7-5-23-11(19)21-7)3-1-2-4-14(13,10(17)18)8-6-24-12(20)22-8/h7-8H,1-6H2,(H,15,16)(H,17,18). The van der Waals surface area contributed by atoms with Gasteiger partial charge in [-0.05, 0) is 36.4 Å². The van der Waals surface area contributed by atoms with E-state index in [1.165, 1.54) is 0 Å². The van der Waals surface area contributed by atoms with Crippen LogP contribution >= 0.6 is 23.5 Å². The van der Waals surface area contributed by atoms with E-state index in [1.807, 2.05) is 0 Å². The molecule has 132 valence electrons. The van der Waals surface area contributed by atoms with Gasteiger partial charge in [0, 0.05) is 11.5 Å². The van der Waals surface area contributed by atoms with E-state index in [0.29, 0.717) is 12.8 Å². The van der Waals surface area contributed by atoms with E-state index >= 15 is 0 Å². The van der Waals surface area contributed by atoms with Crippen LogP contribution in [-0.4, -0.2) is 56.5 Å². The summed E-state index contributed by atoms with van der Waals surface area (Å²) in [5, 5.41) is 18.9. The van der Waals surface area contributed by atoms with Gasteiger partial charge in [0.15, 0.2) is 0 Å². The number of hydrogen-bond acceptors (Lipinski definition) is 8. The summed E-state index contributed by atoms with van der Waals surface area (Å²) in [5.74, 6) is -2.49. The van der Waals surface area contributed by atoms with Gasteiger partial charge >= 0.3 is 22.5 Å². The number of carboxylic acids is 2. The lowest BCUT2D eigenvalue weighted by Crippen LogP contribution is -2.65. The second-order valence-corrected chi connectivity index (χ2v) is 8.01. The molecule has 0 aromatic carbocycles. The Morgan fingerprint density at radius 1 is 0.875 bits per heavy atom. The van der Waals surface area contributed by atoms with Crippen molar-refractivity contribution in [2.45, 2.75) is 37.9 Å². The van der Waals surface area contributed by atoms with E-state index in [9.17, 15) is 29.4 Å². The van der Waals surface area contributed by atoms with Gasteiger partial charge in [0.25, 0.3) is 0 Å². The van der Waals surface area contributed by atoms with E-state index in [0.717, 1.165) is 23.5 Å². The zero-order valence-electron chi connectivity index (χ0n) is 12.6. The summed E-state index contributed by atoms with van der Waals surface area (Å²) in [6, 6.07) is 0. The van der Waals surface area contributed by atoms with Crippen molar-refractivity contribution in [2.75, 3.05) is 11.5 Å². The van der Waals surface area contributed by atoms with Gasteiger partial charge in [-0.2, -0.15) is 0 Å². The first-order chi connectivity index (χ1) is 11.3. The lowest BCUT2D eigenvalue weighted by molar-refractivity contribution is -0.204. The Balaban J connectivity index is 2.14. The van der Waals surface area contributed by atoms with Crippen molar-refractivity contribution in [1.82, 2.24) is 0 Å². The van der Waals surface area contributed by atoms with Crippen LogP contribution in [0.2, 0.25) is 0 Å². The lowest BCUT2D eigenvalue weighted by Gasteiger charge is -2.51. The molecule has 3 rings (SSSR count). The van der Waals surface area contributed by atoms with Crippen molar-refractivity contribution in [3.63, 3.8) is 0 Å². The fourth-order valence-electron chi connectivity index (χ4n) is 4.16. The zero-order chi connectivity index (χ0) is 17.5. The molecule has 1 saturated carbocycles. The van der Waals surface area contributed by atoms with E-state index < -0.39 is 45.6 Å². The monoisotopic (exact) mass is 376 g/mol. The highest BCUT2D eigenvalue weighted by atomic mass is 32.2. The van der Waals surface area contributed by atoms with Gasteiger partial charge in [0.05, 0.1) is 0 Å². The molecule has 0 bridgehead atoms. The van der Waals surface area contributed by atoms with Crippen LogP contribution in [0, 0.1) is 10.8 Å². The summed E-state index contributed by atoms with van der Waals surface area (Å²) in [4.78, 5) is 47.7. The smallest absolute Gasteiger partial charge is 0.367 e. The largest absolute Gasteiger partial charge is 0.481 e. The van der Waals surface area contributed by atoms with Crippen LogP contribution < -0.4 is 0 Å². The molecule has 2 N–H and O–H groups in total. The predicted molar refractivity (Wildman–Crippen MR) is 84.1 cm³/mol. The average Bonchev–Trinajstić information content (AvgIpc) is 3.15. The molecule has 10 heteroatoms. The summed E-state index contributed by atoms with van der Waals surface area (Å²) in [7, 11) is 0. The number of ether oxygens (including phenoxy) is 2. The highest BCUT2D eigenvalue weighted by molar-refractivity contribution is 8.13. The molecule has 2 heterocycles. The maximum absolute atomic E-state index is 12.3. The van der Waals surface area contributed by atoms with Gasteiger partial charge in [-0.1, -0.05) is 12.8 Å². The first-order valence-corrected chi connectivity index (χ1v) is 9.45. The summed E-state index contributed by atoms with van der Waals surface area (Å²) in [5.41, 5.74) is -3.63. The minimum absolute atomic E-state index is 0.0614. The van der Waals surface area contributed by atoms with E-state index in [2.05, 4.69) is 0 Å². The van der Waals surface area contributed by atoms with E-state index in [-0.39, 0.29) is 24.3 Å². The second-order valence-electron chi connectivity index (χ2n) is 6.10. The highest BCUT2D eigenvalue weighted by Crippen LogP contribution is 2.59. The third kappa shape index (κ3) is 2.30. The van der Waals surface area contributed by atoms with Gasteiger partial charge in [0.2, 0.25) is 0 Å². The van der Waals surface area contributed by atoms with Crippen LogP contribution in [-0.2, 0) is 19.1 Å². The fraction of sp³-hybridized carbons (Fsp3) is 0.714. The second kappa shape index (κ2) is 6.14. The fourth-order valence-corrected chi connectivity index (χ4v) is 5.81. The molecule has 3 fully saturated rings. The number of rotatable bonds is 4. The SMILES string of the molecule is O=C1OC(C2(C(=O)O)CCCCC2(C(=O)O)C2CSC(=O)O2)CS1. The lowest BCUT2D eigenvalue weighted by atomic mass is 9.51. The first kappa shape index (κ1) is 17.4. The molecule has 24 heavy (non-hydrogen) atoms. The molecule has 0 amide bonds. The molecule has 1 aliphatic carbocycles. The van der Waals surface area contributed by atoms with Crippen LogP contribution in [0.4, 0.5) is 9.59 Å². The van der Waals surface area contributed by atoms with Crippen LogP contribution in [0.3, 0.4) is 0 Å². The van der Waals surface area contributed by atoms with Crippen molar-refractivity contribution in [3.8, 4) is 0 Å². The Hall–Kier alpha value is -1.42. The van der Waals surface area contributed by atoms with Crippen molar-refractivity contribution >= 4 is 46.1 Å². The Morgan fingerprint density at radius 3 is 1.50 bits per heavy atom. The van der Waals surface area contributed by atoms with Crippen LogP contribution in [0.25, 0.3) is 0 Å². The minimum Gasteiger partial charge on any atom is -0.481 e. The first-order valence-electron chi connectivity index (χ1n) is 7.48. The number of thioether (sulfide) groups is 2. The predicted octanol–water partition coefficient (Wildman–Crippen LogP) is 2.21. The Labute approximate surface area is 145 Å². The van der Waals surface area contributed by atoms with Crippen molar-refractivity contribution < 1.29 is 38.9 Å². The Morgan fingerprint density at radius 2 is 1.25 bits per heavy atom. The molecule has 8 nitrogen and oxygen atoms in total. The third-order valence-electron chi connectivity index (χ3n) is 5.23. The molecular formula is C14H16O8S2. The number of carbonyl (C=O) groups excluding carboxylic acids is 2. The maximum atomic E-state index is 12.3. The number of cyclic esters (lactones) is 2. The number of aliphatic carboxylic acids is 2. The van der Waals surface area contributed by atoms with E-state index in [1.54, 1.807) is 0 Å². The van der Waals surface area contributed by atoms with Gasteiger partial charge in [-0.25, -0.2) is 9.59 Å². The highest BCUT2D eigenvalue weighted by Gasteiger charge is 2.72. The Bertz CT molecular complexity index is 556. The molecule has 3 aliphatic rings. The van der Waals surface area contributed by atoms with Gasteiger partial charge in [-0.15, -0.1) is 0 Å². The summed E-state index contributed by atoms with van der Waals surface area (Å²) >= 11 is 1.68. The van der Waals surface area contributed by atoms with E-state index in [4.69, 9.17) is 9.47 Å². The normalized spacial score (nSPS) is 39.3. The van der Waals surface area contributed by atoms with Gasteiger partial charge < -0.3 is 19.7 Å². The maximum Gasteiger partial charge on any atom is 0.367 e. The molecule has 0 aromatic rings. The minimum atomic E-state index is -1.81. The Kier molecular flexibility index (Phi) is 4.45. The van der Waals surface area contributed by atoms with Crippen molar-refractivity contribution in [2.24, 2.45) is 10.8 Å². The molecule has 2 aliphatic heterocycles. The molecule has 2 saturated heterocycles. The molecule has 0 aromatic heterocycles. The summed E-state index contributed by atoms with van der Waals surface area (Å²) < 4.78 is 10.4. The third-order valence-corrected chi connectivity index (χ3v) is 6.84. The molecule has 4 unspecified atom stereocenters. The van der Waals surface area contributed by atoms with Crippen molar-refractivity contribution in [3.05, 3.63) is 0 Å². The quantitative estimate of drug-likeness (QED) is 0.705. The van der Waals surface area contributed by atoms with Gasteiger partial charge in [-0.3, -0.25) is 9.59 Å². The van der Waals surface area contributed by atoms with Crippen LogP contribution in [0.5, 0.6) is 0 Å². The number of carbonyl (C=O) groups is 4. The average molecular weight is 376 g/mol. The van der Waals surface area contributed by atoms with Gasteiger partial charge in [0.1, 0.15) is 23.0 Å². The zero-order valence-corrected chi connectivity index (χ0v) is 14.2. The number of carboxylic acid groups (broad SMARTS) is 2. The summed E-state index contributed by atoms with van der Waals surface area (Å²) in [6.07, 6.45) is -0.985.